The van der Waals surface area contributed by atoms with Gasteiger partial charge in [0.1, 0.15) is 6.61 Å². The minimum atomic E-state index is -0.346. The molecule has 1 aromatic heterocycles. The second-order valence-corrected chi connectivity index (χ2v) is 4.62. The van der Waals surface area contributed by atoms with Crippen LogP contribution in [0.3, 0.4) is 0 Å². The van der Waals surface area contributed by atoms with E-state index in [1.54, 1.807) is 0 Å². The van der Waals surface area contributed by atoms with Gasteiger partial charge in [0.2, 0.25) is 5.82 Å². The molecule has 6 heteroatoms. The van der Waals surface area contributed by atoms with Crippen molar-refractivity contribution in [1.29, 1.82) is 0 Å². The van der Waals surface area contributed by atoms with Crippen LogP contribution >= 0.6 is 0 Å². The zero-order valence-electron chi connectivity index (χ0n) is 10.8. The second kappa shape index (κ2) is 4.79. The maximum atomic E-state index is 5.80. The predicted octanol–water partition coefficient (Wildman–Crippen LogP) is 2.40. The summed E-state index contributed by atoms with van der Waals surface area (Å²) < 4.78 is 16.5. The van der Waals surface area contributed by atoms with Crippen molar-refractivity contribution in [2.45, 2.75) is 26.0 Å². The van der Waals surface area contributed by atoms with Crippen LogP contribution in [-0.4, -0.2) is 22.8 Å². The SMILES string of the molecule is CC(C)Nc1nc(C2COc3ccccc3O2)no1. The van der Waals surface area contributed by atoms with Crippen LogP contribution in [0.25, 0.3) is 0 Å². The first-order valence-corrected chi connectivity index (χ1v) is 6.21. The lowest BCUT2D eigenvalue weighted by Crippen LogP contribution is -2.22. The summed E-state index contributed by atoms with van der Waals surface area (Å²) in [6, 6.07) is 8.15. The molecule has 0 saturated heterocycles. The standard InChI is InChI=1S/C13H15N3O3/c1-8(2)14-13-15-12(16-19-13)11-7-17-9-5-3-4-6-10(9)18-11/h3-6,8,11H,7H2,1-2H3,(H,14,15,16). The lowest BCUT2D eigenvalue weighted by Gasteiger charge is -2.24. The van der Waals surface area contributed by atoms with Crippen molar-refractivity contribution in [3.05, 3.63) is 30.1 Å². The third-order valence-electron chi connectivity index (χ3n) is 2.65. The zero-order valence-corrected chi connectivity index (χ0v) is 10.8. The Labute approximate surface area is 110 Å². The highest BCUT2D eigenvalue weighted by atomic mass is 16.6. The van der Waals surface area contributed by atoms with E-state index in [4.69, 9.17) is 14.0 Å². The van der Waals surface area contributed by atoms with Gasteiger partial charge in [-0.2, -0.15) is 4.98 Å². The van der Waals surface area contributed by atoms with Gasteiger partial charge in [0.05, 0.1) is 0 Å². The molecule has 1 aliphatic rings. The Hall–Kier alpha value is -2.24. The topological polar surface area (TPSA) is 69.4 Å². The van der Waals surface area contributed by atoms with E-state index in [2.05, 4.69) is 15.5 Å². The van der Waals surface area contributed by atoms with Crippen LogP contribution in [0.1, 0.15) is 25.8 Å². The van der Waals surface area contributed by atoms with Gasteiger partial charge < -0.3 is 19.3 Å². The van der Waals surface area contributed by atoms with Crippen molar-refractivity contribution >= 4 is 6.01 Å². The minimum Gasteiger partial charge on any atom is -0.485 e. The quantitative estimate of drug-likeness (QED) is 0.915. The lowest BCUT2D eigenvalue weighted by molar-refractivity contribution is 0.0832. The van der Waals surface area contributed by atoms with E-state index in [0.717, 1.165) is 5.75 Å². The Morgan fingerprint density at radius 3 is 2.84 bits per heavy atom. The largest absolute Gasteiger partial charge is 0.485 e. The number of fused-ring (bicyclic) bond motifs is 1. The third-order valence-corrected chi connectivity index (χ3v) is 2.65. The van der Waals surface area contributed by atoms with E-state index in [1.165, 1.54) is 0 Å². The predicted molar refractivity (Wildman–Crippen MR) is 68.4 cm³/mol. The van der Waals surface area contributed by atoms with Gasteiger partial charge in [0, 0.05) is 6.04 Å². The van der Waals surface area contributed by atoms with Crippen LogP contribution in [0.5, 0.6) is 11.5 Å². The van der Waals surface area contributed by atoms with Crippen LogP contribution in [-0.2, 0) is 0 Å². The average Bonchev–Trinajstić information content (AvgIpc) is 2.86. The Bertz CT molecular complexity index is 568. The molecule has 0 amide bonds. The summed E-state index contributed by atoms with van der Waals surface area (Å²) >= 11 is 0. The van der Waals surface area contributed by atoms with Crippen LogP contribution in [0.2, 0.25) is 0 Å². The van der Waals surface area contributed by atoms with Crippen molar-refractivity contribution in [3.8, 4) is 11.5 Å². The molecule has 0 fully saturated rings. The first kappa shape index (κ1) is 11.8. The van der Waals surface area contributed by atoms with E-state index in [9.17, 15) is 0 Å². The smallest absolute Gasteiger partial charge is 0.321 e. The molecule has 1 N–H and O–H groups in total. The molecular formula is C13H15N3O3. The Kier molecular flexibility index (Phi) is 2.98. The van der Waals surface area contributed by atoms with E-state index in [-0.39, 0.29) is 12.1 Å². The van der Waals surface area contributed by atoms with Gasteiger partial charge >= 0.3 is 6.01 Å². The van der Waals surface area contributed by atoms with Gasteiger partial charge in [0.25, 0.3) is 0 Å². The van der Waals surface area contributed by atoms with Gasteiger partial charge in [-0.15, -0.1) is 0 Å². The molecule has 0 bridgehead atoms. The number of benzene rings is 1. The summed E-state index contributed by atoms with van der Waals surface area (Å²) in [7, 11) is 0. The molecule has 0 spiro atoms. The number of aromatic nitrogens is 2. The van der Waals surface area contributed by atoms with Crippen molar-refractivity contribution < 1.29 is 14.0 Å². The summed E-state index contributed by atoms with van der Waals surface area (Å²) in [6.07, 6.45) is -0.346. The monoisotopic (exact) mass is 261 g/mol. The number of nitrogens with zero attached hydrogens (tertiary/aromatic N) is 2. The molecule has 3 rings (SSSR count). The van der Waals surface area contributed by atoms with Gasteiger partial charge in [-0.25, -0.2) is 0 Å². The normalized spacial score (nSPS) is 17.5. The van der Waals surface area contributed by atoms with Gasteiger partial charge in [0.15, 0.2) is 17.6 Å². The Balaban J connectivity index is 1.76. The summed E-state index contributed by atoms with van der Waals surface area (Å²) in [5.41, 5.74) is 0. The molecule has 2 aromatic rings. The van der Waals surface area contributed by atoms with Gasteiger partial charge in [-0.05, 0) is 26.0 Å². The molecule has 1 unspecified atom stereocenters. The Morgan fingerprint density at radius 1 is 1.26 bits per heavy atom. The van der Waals surface area contributed by atoms with Crippen molar-refractivity contribution in [2.24, 2.45) is 0 Å². The molecule has 2 heterocycles. The third kappa shape index (κ3) is 2.47. The zero-order chi connectivity index (χ0) is 13.2. The molecule has 0 radical (unpaired) electrons. The van der Waals surface area contributed by atoms with Gasteiger partial charge in [-0.3, -0.25) is 0 Å². The van der Waals surface area contributed by atoms with Crippen molar-refractivity contribution in [2.75, 3.05) is 11.9 Å². The fourth-order valence-corrected chi connectivity index (χ4v) is 1.82. The highest BCUT2D eigenvalue weighted by Gasteiger charge is 2.26. The molecule has 1 aromatic carbocycles. The number of anilines is 1. The van der Waals surface area contributed by atoms with Crippen LogP contribution in [0.4, 0.5) is 6.01 Å². The van der Waals surface area contributed by atoms with Crippen LogP contribution in [0, 0.1) is 0 Å². The second-order valence-electron chi connectivity index (χ2n) is 4.62. The fourth-order valence-electron chi connectivity index (χ4n) is 1.82. The van der Waals surface area contributed by atoms with Crippen LogP contribution in [0.15, 0.2) is 28.8 Å². The first-order valence-electron chi connectivity index (χ1n) is 6.21. The van der Waals surface area contributed by atoms with Crippen LogP contribution < -0.4 is 14.8 Å². The highest BCUT2D eigenvalue weighted by molar-refractivity contribution is 5.41. The molecule has 1 aliphatic heterocycles. The summed E-state index contributed by atoms with van der Waals surface area (Å²) in [4.78, 5) is 4.25. The van der Waals surface area contributed by atoms with E-state index < -0.39 is 0 Å². The Morgan fingerprint density at radius 2 is 2.05 bits per heavy atom. The molecular weight excluding hydrogens is 246 g/mol. The number of hydrogen-bond donors (Lipinski definition) is 1. The lowest BCUT2D eigenvalue weighted by atomic mass is 10.2. The molecule has 100 valence electrons. The summed E-state index contributed by atoms with van der Waals surface area (Å²) in [5.74, 6) is 1.92. The fraction of sp³-hybridized carbons (Fsp3) is 0.385. The molecule has 0 aliphatic carbocycles. The number of rotatable bonds is 3. The van der Waals surface area contributed by atoms with E-state index >= 15 is 0 Å². The first-order chi connectivity index (χ1) is 9.22. The average molecular weight is 261 g/mol. The number of para-hydroxylation sites is 2. The maximum absolute atomic E-state index is 5.80. The number of ether oxygens (including phenoxy) is 2. The molecule has 1 atom stereocenters. The maximum Gasteiger partial charge on any atom is 0.321 e. The van der Waals surface area contributed by atoms with Gasteiger partial charge in [-0.1, -0.05) is 17.3 Å². The van der Waals surface area contributed by atoms with E-state index in [1.807, 2.05) is 38.1 Å². The summed E-state index contributed by atoms with van der Waals surface area (Å²) in [5, 5.41) is 6.96. The molecule has 0 saturated carbocycles. The summed E-state index contributed by atoms with van der Waals surface area (Å²) in [6.45, 7) is 4.37. The number of hydrogen-bond acceptors (Lipinski definition) is 6. The number of nitrogens with one attached hydrogen (secondary N) is 1. The molecule has 19 heavy (non-hydrogen) atoms. The molecule has 6 nitrogen and oxygen atoms in total. The highest BCUT2D eigenvalue weighted by Crippen LogP contribution is 2.35. The van der Waals surface area contributed by atoms with Crippen molar-refractivity contribution in [3.63, 3.8) is 0 Å². The van der Waals surface area contributed by atoms with E-state index in [0.29, 0.717) is 24.2 Å². The van der Waals surface area contributed by atoms with Crippen molar-refractivity contribution in [1.82, 2.24) is 10.1 Å². The minimum absolute atomic E-state index is 0.234.